The van der Waals surface area contributed by atoms with Gasteiger partial charge in [0.25, 0.3) is 0 Å². The monoisotopic (exact) mass is 438 g/mol. The summed E-state index contributed by atoms with van der Waals surface area (Å²) >= 11 is 3.38. The predicted octanol–water partition coefficient (Wildman–Crippen LogP) is 3.65. The molecule has 140 valence electrons. The Labute approximate surface area is 168 Å². The quantitative estimate of drug-likeness (QED) is 0.493. The summed E-state index contributed by atoms with van der Waals surface area (Å²) in [6.07, 6.45) is 7.40. The normalized spacial score (nSPS) is 10.8. The van der Waals surface area contributed by atoms with E-state index < -0.39 is 0 Å². The average molecular weight is 439 g/mol. The molecule has 0 bridgehead atoms. The van der Waals surface area contributed by atoms with Crippen LogP contribution in [-0.4, -0.2) is 30.8 Å². The third-order valence-corrected chi connectivity index (χ3v) is 4.34. The van der Waals surface area contributed by atoms with Gasteiger partial charge in [0, 0.05) is 37.0 Å². The number of nitrogens with zero attached hydrogens (tertiary/aromatic N) is 5. The molecule has 1 aromatic carbocycles. The maximum Gasteiger partial charge on any atom is 0.227 e. The molecule has 0 aliphatic carbocycles. The molecule has 0 aliphatic rings. The molecule has 0 aliphatic heterocycles. The van der Waals surface area contributed by atoms with Crippen molar-refractivity contribution in [1.82, 2.24) is 24.9 Å². The minimum atomic E-state index is -0.153. The lowest BCUT2D eigenvalue weighted by Crippen LogP contribution is -2.14. The summed E-state index contributed by atoms with van der Waals surface area (Å²) in [5.74, 6) is 0.705. The first kappa shape index (κ1) is 18.1. The number of carbonyl (C=O) groups excluding carboxylic acids is 1. The fraction of sp³-hybridized carbons (Fsp3) is 0.105. The highest BCUT2D eigenvalue weighted by Crippen LogP contribution is 2.21. The van der Waals surface area contributed by atoms with Crippen LogP contribution in [0.5, 0.6) is 0 Å². The lowest BCUT2D eigenvalue weighted by molar-refractivity contribution is -0.116. The van der Waals surface area contributed by atoms with E-state index in [0.717, 1.165) is 15.7 Å². The van der Waals surface area contributed by atoms with Gasteiger partial charge in [-0.25, -0.2) is 4.68 Å². The molecule has 3 heterocycles. The summed E-state index contributed by atoms with van der Waals surface area (Å²) in [7, 11) is 0. The summed E-state index contributed by atoms with van der Waals surface area (Å²) in [4.78, 5) is 20.7. The standard InChI is InChI=1S/C19H15BrN6O2/c20-14-11-22-26(12-14)16-6-2-1-5-15(16)23-17(27)7-8-18-24-19(25-28-18)13-4-3-9-21-10-13/h1-6,9-12H,7-8H2,(H,23,27). The molecule has 28 heavy (non-hydrogen) atoms. The van der Waals surface area contributed by atoms with Gasteiger partial charge in [0.15, 0.2) is 0 Å². The molecule has 0 unspecified atom stereocenters. The minimum absolute atomic E-state index is 0.153. The van der Waals surface area contributed by atoms with Gasteiger partial charge in [0.05, 0.1) is 22.0 Å². The number of carbonyl (C=O) groups is 1. The molecular formula is C19H15BrN6O2. The lowest BCUT2D eigenvalue weighted by Gasteiger charge is -2.10. The van der Waals surface area contributed by atoms with Crippen LogP contribution < -0.4 is 5.32 Å². The van der Waals surface area contributed by atoms with Crippen molar-refractivity contribution >= 4 is 27.5 Å². The zero-order valence-corrected chi connectivity index (χ0v) is 16.2. The zero-order chi connectivity index (χ0) is 19.3. The first-order valence-corrected chi connectivity index (χ1v) is 9.31. The molecule has 0 saturated heterocycles. The van der Waals surface area contributed by atoms with Gasteiger partial charge in [-0.2, -0.15) is 10.1 Å². The van der Waals surface area contributed by atoms with E-state index in [1.807, 2.05) is 36.5 Å². The molecule has 0 fully saturated rings. The number of rotatable bonds is 6. The largest absolute Gasteiger partial charge is 0.339 e. The molecule has 1 N–H and O–H groups in total. The predicted molar refractivity (Wildman–Crippen MR) is 106 cm³/mol. The highest BCUT2D eigenvalue weighted by atomic mass is 79.9. The minimum Gasteiger partial charge on any atom is -0.339 e. The molecule has 4 aromatic rings. The summed E-state index contributed by atoms with van der Waals surface area (Å²) in [5, 5.41) is 11.1. The Morgan fingerprint density at radius 3 is 2.86 bits per heavy atom. The number of para-hydroxylation sites is 2. The first-order chi connectivity index (χ1) is 13.7. The van der Waals surface area contributed by atoms with Crippen molar-refractivity contribution in [2.24, 2.45) is 0 Å². The Hall–Kier alpha value is -3.33. The molecule has 0 atom stereocenters. The molecular weight excluding hydrogens is 424 g/mol. The number of hydrogen-bond donors (Lipinski definition) is 1. The van der Waals surface area contributed by atoms with Crippen molar-refractivity contribution in [3.63, 3.8) is 0 Å². The Balaban J connectivity index is 1.40. The topological polar surface area (TPSA) is 98.7 Å². The van der Waals surface area contributed by atoms with Crippen molar-refractivity contribution in [2.45, 2.75) is 12.8 Å². The van der Waals surface area contributed by atoms with Crippen molar-refractivity contribution in [3.05, 3.63) is 71.5 Å². The first-order valence-electron chi connectivity index (χ1n) is 8.51. The number of aryl methyl sites for hydroxylation is 1. The third kappa shape index (κ3) is 4.15. The molecule has 4 rings (SSSR count). The maximum atomic E-state index is 12.4. The van der Waals surface area contributed by atoms with E-state index in [9.17, 15) is 4.79 Å². The van der Waals surface area contributed by atoms with Gasteiger partial charge in [-0.05, 0) is 40.2 Å². The Morgan fingerprint density at radius 2 is 2.07 bits per heavy atom. The van der Waals surface area contributed by atoms with Crippen molar-refractivity contribution in [3.8, 4) is 17.1 Å². The van der Waals surface area contributed by atoms with Crippen LogP contribution >= 0.6 is 15.9 Å². The van der Waals surface area contributed by atoms with E-state index >= 15 is 0 Å². The number of halogens is 1. The molecule has 0 radical (unpaired) electrons. The number of amides is 1. The van der Waals surface area contributed by atoms with Crippen LogP contribution in [0.2, 0.25) is 0 Å². The van der Waals surface area contributed by atoms with E-state index in [-0.39, 0.29) is 12.3 Å². The van der Waals surface area contributed by atoms with Crippen LogP contribution in [-0.2, 0) is 11.2 Å². The molecule has 3 aromatic heterocycles. The van der Waals surface area contributed by atoms with Crippen molar-refractivity contribution in [2.75, 3.05) is 5.32 Å². The molecule has 0 saturated carbocycles. The van der Waals surface area contributed by atoms with Crippen molar-refractivity contribution in [1.29, 1.82) is 0 Å². The fourth-order valence-electron chi connectivity index (χ4n) is 2.61. The van der Waals surface area contributed by atoms with Crippen LogP contribution in [0.3, 0.4) is 0 Å². The van der Waals surface area contributed by atoms with Crippen LogP contribution in [0.15, 0.2) is 70.2 Å². The van der Waals surface area contributed by atoms with Gasteiger partial charge in [-0.15, -0.1) is 0 Å². The van der Waals surface area contributed by atoms with Crippen LogP contribution in [0, 0.1) is 0 Å². The van der Waals surface area contributed by atoms with Gasteiger partial charge in [-0.1, -0.05) is 17.3 Å². The number of anilines is 1. The summed E-state index contributed by atoms with van der Waals surface area (Å²) in [6, 6.07) is 11.1. The Morgan fingerprint density at radius 1 is 1.18 bits per heavy atom. The smallest absolute Gasteiger partial charge is 0.227 e. The zero-order valence-electron chi connectivity index (χ0n) is 14.6. The molecule has 0 spiro atoms. The van der Waals surface area contributed by atoms with Crippen LogP contribution in [0.4, 0.5) is 5.69 Å². The van der Waals surface area contributed by atoms with Gasteiger partial charge in [-0.3, -0.25) is 9.78 Å². The van der Waals surface area contributed by atoms with E-state index in [1.54, 1.807) is 29.3 Å². The van der Waals surface area contributed by atoms with Crippen molar-refractivity contribution < 1.29 is 9.32 Å². The number of benzene rings is 1. The fourth-order valence-corrected chi connectivity index (χ4v) is 2.90. The summed E-state index contributed by atoms with van der Waals surface area (Å²) < 4.78 is 7.78. The highest BCUT2D eigenvalue weighted by Gasteiger charge is 2.13. The number of pyridine rings is 1. The van der Waals surface area contributed by atoms with Gasteiger partial charge < -0.3 is 9.84 Å². The number of aromatic nitrogens is 5. The summed E-state index contributed by atoms with van der Waals surface area (Å²) in [5.41, 5.74) is 2.21. The van der Waals surface area contributed by atoms with E-state index in [1.165, 1.54) is 0 Å². The summed E-state index contributed by atoms with van der Waals surface area (Å²) in [6.45, 7) is 0. The average Bonchev–Trinajstić information content (AvgIpc) is 3.37. The maximum absolute atomic E-state index is 12.4. The Kier molecular flexibility index (Phi) is 5.24. The SMILES string of the molecule is O=C(CCc1nc(-c2cccnc2)no1)Nc1ccccc1-n1cc(Br)cn1. The van der Waals surface area contributed by atoms with Crippen LogP contribution in [0.1, 0.15) is 12.3 Å². The highest BCUT2D eigenvalue weighted by molar-refractivity contribution is 9.10. The van der Waals surface area contributed by atoms with Crippen LogP contribution in [0.25, 0.3) is 17.1 Å². The molecule has 1 amide bonds. The van der Waals surface area contributed by atoms with Gasteiger partial charge in [0.1, 0.15) is 0 Å². The molecule has 9 heteroatoms. The van der Waals surface area contributed by atoms with E-state index in [0.29, 0.717) is 23.8 Å². The third-order valence-electron chi connectivity index (χ3n) is 3.93. The Bertz CT molecular complexity index is 1090. The number of hydrogen-bond acceptors (Lipinski definition) is 6. The second-order valence-corrected chi connectivity index (χ2v) is 6.84. The second kappa shape index (κ2) is 8.13. The number of nitrogens with one attached hydrogen (secondary N) is 1. The molecule has 8 nitrogen and oxygen atoms in total. The van der Waals surface area contributed by atoms with E-state index in [4.69, 9.17) is 4.52 Å². The van der Waals surface area contributed by atoms with Gasteiger partial charge >= 0.3 is 0 Å². The lowest BCUT2D eigenvalue weighted by atomic mass is 10.2. The second-order valence-electron chi connectivity index (χ2n) is 5.92. The van der Waals surface area contributed by atoms with Gasteiger partial charge in [0.2, 0.25) is 17.6 Å². The van der Waals surface area contributed by atoms with E-state index in [2.05, 4.69) is 41.5 Å².